The zero-order valence-corrected chi connectivity index (χ0v) is 17.9. The third-order valence-corrected chi connectivity index (χ3v) is 5.64. The van der Waals surface area contributed by atoms with Crippen LogP contribution in [0.25, 0.3) is 17.3 Å². The van der Waals surface area contributed by atoms with E-state index >= 15 is 0 Å². The molecule has 0 saturated carbocycles. The molecule has 0 saturated heterocycles. The van der Waals surface area contributed by atoms with Crippen molar-refractivity contribution < 1.29 is 24.2 Å². The molecule has 2 N–H and O–H groups in total. The fourth-order valence-corrected chi connectivity index (χ4v) is 4.15. The van der Waals surface area contributed by atoms with Gasteiger partial charge < -0.3 is 15.1 Å². The summed E-state index contributed by atoms with van der Waals surface area (Å²) in [5, 5.41) is 24.3. The summed E-state index contributed by atoms with van der Waals surface area (Å²) in [7, 11) is 0. The van der Waals surface area contributed by atoms with E-state index in [1.54, 1.807) is 30.3 Å². The van der Waals surface area contributed by atoms with Gasteiger partial charge >= 0.3 is 12.1 Å². The Hall–Kier alpha value is -3.36. The highest BCUT2D eigenvalue weighted by Gasteiger charge is 2.31. The Labute approximate surface area is 191 Å². The molecule has 0 aliphatic carbocycles. The summed E-state index contributed by atoms with van der Waals surface area (Å²) in [5.74, 6) is -1.65. The van der Waals surface area contributed by atoms with Crippen molar-refractivity contribution in [2.45, 2.75) is 6.42 Å². The molecule has 1 aromatic heterocycles. The quantitative estimate of drug-likeness (QED) is 0.549. The Morgan fingerprint density at radius 2 is 1.81 bits per heavy atom. The average Bonchev–Trinajstić information content (AvgIpc) is 3.00. The van der Waals surface area contributed by atoms with Crippen molar-refractivity contribution in [2.24, 2.45) is 0 Å². The van der Waals surface area contributed by atoms with Gasteiger partial charge in [-0.3, -0.25) is 0 Å². The van der Waals surface area contributed by atoms with E-state index in [0.29, 0.717) is 33.1 Å². The molecule has 164 valence electrons. The maximum Gasteiger partial charge on any atom is 0.407 e. The second kappa shape index (κ2) is 8.64. The number of carbonyl (C=O) groups is 2. The van der Waals surface area contributed by atoms with E-state index in [1.807, 2.05) is 0 Å². The molecule has 2 heterocycles. The van der Waals surface area contributed by atoms with Crippen LogP contribution in [0.15, 0.2) is 42.5 Å². The van der Waals surface area contributed by atoms with Gasteiger partial charge in [-0.25, -0.2) is 18.7 Å². The molecule has 32 heavy (non-hydrogen) atoms. The summed E-state index contributed by atoms with van der Waals surface area (Å²) >= 11 is 12.4. The lowest BCUT2D eigenvalue weighted by atomic mass is 10.0. The van der Waals surface area contributed by atoms with Gasteiger partial charge in [-0.2, -0.15) is 5.10 Å². The lowest BCUT2D eigenvalue weighted by Gasteiger charge is -2.18. The van der Waals surface area contributed by atoms with Crippen LogP contribution in [0.2, 0.25) is 10.0 Å². The Kier molecular flexibility index (Phi) is 5.90. The third kappa shape index (κ3) is 4.19. The van der Waals surface area contributed by atoms with Gasteiger partial charge in [0.1, 0.15) is 5.82 Å². The maximum atomic E-state index is 13.4. The first-order valence-corrected chi connectivity index (χ1v) is 10.2. The molecular weight excluding hydrogens is 460 g/mol. The first kappa shape index (κ1) is 21.9. The monoisotopic (exact) mass is 475 g/mol. The van der Waals surface area contributed by atoms with Gasteiger partial charge in [-0.15, -0.1) is 0 Å². The number of halogens is 3. The number of carboxylic acid groups (broad SMARTS) is 2. The van der Waals surface area contributed by atoms with Crippen LogP contribution in [0.4, 0.5) is 9.18 Å². The molecule has 2 aromatic carbocycles. The SMILES string of the molecule is O=C(O)c1nn(-c2ccc(Cl)cc2Cl)c2c1CCN(C(=O)O)CC2=Cc1ccc(F)cc1. The second-order valence-electron chi connectivity index (χ2n) is 7.16. The number of aromatic nitrogens is 2. The summed E-state index contributed by atoms with van der Waals surface area (Å²) in [5.41, 5.74) is 2.14. The van der Waals surface area contributed by atoms with Crippen LogP contribution >= 0.6 is 23.2 Å². The van der Waals surface area contributed by atoms with Crippen LogP contribution in [-0.4, -0.2) is 50.0 Å². The second-order valence-corrected chi connectivity index (χ2v) is 8.01. The molecule has 0 unspecified atom stereocenters. The number of hydrogen-bond donors (Lipinski definition) is 2. The number of carboxylic acids is 1. The molecule has 1 aliphatic heterocycles. The van der Waals surface area contributed by atoms with Crippen LogP contribution in [0.3, 0.4) is 0 Å². The predicted molar refractivity (Wildman–Crippen MR) is 118 cm³/mol. The average molecular weight is 476 g/mol. The first-order chi connectivity index (χ1) is 15.2. The van der Waals surface area contributed by atoms with Crippen LogP contribution in [0.5, 0.6) is 0 Å². The summed E-state index contributed by atoms with van der Waals surface area (Å²) in [6.07, 6.45) is 0.698. The summed E-state index contributed by atoms with van der Waals surface area (Å²) < 4.78 is 14.8. The molecule has 3 aromatic rings. The molecule has 10 heteroatoms. The number of fused-ring (bicyclic) bond motifs is 1. The van der Waals surface area contributed by atoms with E-state index in [2.05, 4.69) is 5.10 Å². The lowest BCUT2D eigenvalue weighted by molar-refractivity contribution is 0.0688. The van der Waals surface area contributed by atoms with Crippen molar-refractivity contribution in [2.75, 3.05) is 13.1 Å². The molecular formula is C22H16Cl2FN3O4. The molecule has 0 radical (unpaired) electrons. The van der Waals surface area contributed by atoms with Crippen molar-refractivity contribution in [1.29, 1.82) is 0 Å². The van der Waals surface area contributed by atoms with E-state index in [-0.39, 0.29) is 30.2 Å². The topological polar surface area (TPSA) is 95.7 Å². The van der Waals surface area contributed by atoms with Crippen LogP contribution in [0.1, 0.15) is 27.3 Å². The fourth-order valence-electron chi connectivity index (χ4n) is 3.66. The minimum absolute atomic E-state index is 0.0182. The van der Waals surface area contributed by atoms with E-state index in [9.17, 15) is 24.2 Å². The largest absolute Gasteiger partial charge is 0.476 e. The molecule has 0 bridgehead atoms. The van der Waals surface area contributed by atoms with Gasteiger partial charge in [-0.1, -0.05) is 35.3 Å². The summed E-state index contributed by atoms with van der Waals surface area (Å²) in [6.45, 7) is 0.0685. The van der Waals surface area contributed by atoms with Crippen molar-refractivity contribution in [3.05, 3.63) is 80.8 Å². The zero-order valence-electron chi connectivity index (χ0n) is 16.4. The number of aromatic carboxylic acids is 1. The number of benzene rings is 2. The van der Waals surface area contributed by atoms with Gasteiger partial charge in [-0.05, 0) is 54.0 Å². The highest BCUT2D eigenvalue weighted by Crippen LogP contribution is 2.34. The smallest absolute Gasteiger partial charge is 0.407 e. The van der Waals surface area contributed by atoms with Crippen molar-refractivity contribution in [1.82, 2.24) is 14.7 Å². The molecule has 0 fully saturated rings. The van der Waals surface area contributed by atoms with Gasteiger partial charge in [0.05, 0.1) is 22.9 Å². The van der Waals surface area contributed by atoms with Crippen molar-refractivity contribution in [3.63, 3.8) is 0 Å². The predicted octanol–water partition coefficient (Wildman–Crippen LogP) is 5.09. The molecule has 1 amide bonds. The fraction of sp³-hybridized carbons (Fsp3) is 0.136. The third-order valence-electron chi connectivity index (χ3n) is 5.10. The van der Waals surface area contributed by atoms with Crippen molar-refractivity contribution in [3.8, 4) is 5.69 Å². The molecule has 0 atom stereocenters. The van der Waals surface area contributed by atoms with E-state index < -0.39 is 17.9 Å². The summed E-state index contributed by atoms with van der Waals surface area (Å²) in [6, 6.07) is 10.4. The lowest BCUT2D eigenvalue weighted by Crippen LogP contribution is -2.31. The number of rotatable bonds is 3. The number of amides is 1. The molecule has 4 rings (SSSR count). The normalized spacial score (nSPS) is 14.8. The number of hydrogen-bond acceptors (Lipinski definition) is 3. The maximum absolute atomic E-state index is 13.4. The highest BCUT2D eigenvalue weighted by molar-refractivity contribution is 6.35. The van der Waals surface area contributed by atoms with Crippen molar-refractivity contribution >= 4 is 46.9 Å². The number of nitrogens with zero attached hydrogens (tertiary/aromatic N) is 3. The van der Waals surface area contributed by atoms with E-state index in [1.165, 1.54) is 27.8 Å². The Bertz CT molecular complexity index is 1250. The molecule has 0 spiro atoms. The first-order valence-electron chi connectivity index (χ1n) is 9.49. The standard InChI is InChI=1S/C22H16Cl2FN3O4/c23-14-3-6-18(17(24)10-14)28-20-13(9-12-1-4-15(25)5-2-12)11-27(22(31)32)8-7-16(20)19(26-28)21(29)30/h1-6,9-10H,7-8,11H2,(H,29,30)(H,31,32). The van der Waals surface area contributed by atoms with E-state index in [0.717, 1.165) is 0 Å². The van der Waals surface area contributed by atoms with Crippen LogP contribution in [-0.2, 0) is 6.42 Å². The summed E-state index contributed by atoms with van der Waals surface area (Å²) in [4.78, 5) is 24.9. The van der Waals surface area contributed by atoms with Crippen LogP contribution < -0.4 is 0 Å². The zero-order chi connectivity index (χ0) is 23.0. The molecule has 7 nitrogen and oxygen atoms in total. The van der Waals surface area contributed by atoms with Gasteiger partial charge in [0, 0.05) is 17.1 Å². The van der Waals surface area contributed by atoms with Gasteiger partial charge in [0.2, 0.25) is 0 Å². The van der Waals surface area contributed by atoms with E-state index in [4.69, 9.17) is 23.2 Å². The van der Waals surface area contributed by atoms with Crippen LogP contribution in [0, 0.1) is 5.82 Å². The minimum Gasteiger partial charge on any atom is -0.476 e. The minimum atomic E-state index is -1.24. The Morgan fingerprint density at radius 3 is 2.44 bits per heavy atom. The van der Waals surface area contributed by atoms with Gasteiger partial charge in [0.25, 0.3) is 0 Å². The highest BCUT2D eigenvalue weighted by atomic mass is 35.5. The molecule has 1 aliphatic rings. The Balaban J connectivity index is 1.99. The Morgan fingerprint density at radius 1 is 1.09 bits per heavy atom. The van der Waals surface area contributed by atoms with Gasteiger partial charge in [0.15, 0.2) is 5.69 Å².